The number of nitrogens with one attached hydrogen (secondary N) is 1. The van der Waals surface area contributed by atoms with Crippen molar-refractivity contribution in [3.05, 3.63) is 18.1 Å². The molecule has 0 atom stereocenters. The van der Waals surface area contributed by atoms with E-state index in [1.807, 2.05) is 7.05 Å². The molecule has 0 unspecified atom stereocenters. The van der Waals surface area contributed by atoms with Crippen LogP contribution in [0.1, 0.15) is 17.4 Å². The topological polar surface area (TPSA) is 85.7 Å². The zero-order valence-electron chi connectivity index (χ0n) is 8.97. The molecule has 2 heterocycles. The summed E-state index contributed by atoms with van der Waals surface area (Å²) in [7, 11) is 1.81. The Morgan fingerprint density at radius 3 is 3.00 bits per heavy atom. The zero-order chi connectivity index (χ0) is 11.5. The maximum absolute atomic E-state index is 11.6. The summed E-state index contributed by atoms with van der Waals surface area (Å²) in [6.07, 6.45) is 3.39. The van der Waals surface area contributed by atoms with E-state index in [0.717, 1.165) is 0 Å². The van der Waals surface area contributed by atoms with Crippen molar-refractivity contribution in [2.75, 3.05) is 6.61 Å². The minimum Gasteiger partial charge on any atom is -0.461 e. The van der Waals surface area contributed by atoms with E-state index in [2.05, 4.69) is 20.4 Å². The number of hydrogen-bond donors (Lipinski definition) is 1. The van der Waals surface area contributed by atoms with Gasteiger partial charge in [0.05, 0.1) is 6.61 Å². The molecule has 0 amide bonds. The smallest absolute Gasteiger partial charge is 0.361 e. The van der Waals surface area contributed by atoms with Crippen LogP contribution in [0.5, 0.6) is 0 Å². The minimum absolute atomic E-state index is 0.149. The summed E-state index contributed by atoms with van der Waals surface area (Å²) in [5.74, 6) is 0.0612. The molecule has 0 bridgehead atoms. The van der Waals surface area contributed by atoms with Crippen LogP contribution in [0.2, 0.25) is 0 Å². The molecule has 7 heteroatoms. The van der Waals surface area contributed by atoms with Gasteiger partial charge >= 0.3 is 5.97 Å². The van der Waals surface area contributed by atoms with Gasteiger partial charge in [0, 0.05) is 19.4 Å². The van der Waals surface area contributed by atoms with E-state index in [-0.39, 0.29) is 5.69 Å². The van der Waals surface area contributed by atoms with Crippen molar-refractivity contribution in [3.8, 4) is 11.5 Å². The lowest BCUT2D eigenvalue weighted by atomic mass is 10.3. The highest BCUT2D eigenvalue weighted by atomic mass is 16.5. The summed E-state index contributed by atoms with van der Waals surface area (Å²) >= 11 is 0. The molecule has 0 spiro atoms. The molecule has 0 aliphatic rings. The van der Waals surface area contributed by atoms with E-state index in [0.29, 0.717) is 18.1 Å². The number of H-pyrrole nitrogens is 1. The number of nitrogens with zero attached hydrogens (tertiary/aromatic N) is 4. The van der Waals surface area contributed by atoms with Gasteiger partial charge in [-0.05, 0) is 6.92 Å². The average Bonchev–Trinajstić information content (AvgIpc) is 2.85. The van der Waals surface area contributed by atoms with Crippen LogP contribution in [-0.4, -0.2) is 37.5 Å². The van der Waals surface area contributed by atoms with Crippen molar-refractivity contribution in [1.29, 1.82) is 0 Å². The number of ether oxygens (including phenoxy) is 1. The monoisotopic (exact) mass is 221 g/mol. The van der Waals surface area contributed by atoms with Crippen molar-refractivity contribution >= 4 is 5.97 Å². The lowest BCUT2D eigenvalue weighted by Gasteiger charge is -2.00. The van der Waals surface area contributed by atoms with Gasteiger partial charge in [-0.15, -0.1) is 5.10 Å². The Morgan fingerprint density at radius 1 is 1.56 bits per heavy atom. The van der Waals surface area contributed by atoms with Crippen LogP contribution in [0, 0.1) is 0 Å². The molecular weight excluding hydrogens is 210 g/mol. The molecular formula is C9H11N5O2. The summed E-state index contributed by atoms with van der Waals surface area (Å²) in [6.45, 7) is 2.03. The standard InChI is InChI=1S/C9H11N5O2/c1-3-16-9(15)7-6(11-13-12-7)8-10-4-5-14(8)2/h4-5H,3H2,1-2H3,(H,11,12,13). The first kappa shape index (κ1) is 10.3. The molecule has 2 aromatic rings. The first-order chi connectivity index (χ1) is 7.74. The Balaban J connectivity index is 2.40. The average molecular weight is 221 g/mol. The van der Waals surface area contributed by atoms with Crippen LogP contribution in [0.25, 0.3) is 11.5 Å². The Labute approximate surface area is 91.4 Å². The third kappa shape index (κ3) is 1.67. The highest BCUT2D eigenvalue weighted by molar-refractivity contribution is 5.92. The van der Waals surface area contributed by atoms with Crippen molar-refractivity contribution in [3.63, 3.8) is 0 Å². The molecule has 0 aliphatic heterocycles. The summed E-state index contributed by atoms with van der Waals surface area (Å²) in [4.78, 5) is 15.6. The van der Waals surface area contributed by atoms with Crippen LogP contribution in [-0.2, 0) is 11.8 Å². The van der Waals surface area contributed by atoms with Crippen molar-refractivity contribution in [2.45, 2.75) is 6.92 Å². The third-order valence-corrected chi connectivity index (χ3v) is 2.05. The molecule has 1 N–H and O–H groups in total. The maximum atomic E-state index is 11.6. The number of imidazole rings is 1. The fourth-order valence-electron chi connectivity index (χ4n) is 1.32. The lowest BCUT2D eigenvalue weighted by molar-refractivity contribution is 0.0520. The fraction of sp³-hybridized carbons (Fsp3) is 0.333. The predicted octanol–water partition coefficient (Wildman–Crippen LogP) is 0.382. The van der Waals surface area contributed by atoms with E-state index in [4.69, 9.17) is 4.74 Å². The van der Waals surface area contributed by atoms with Crippen molar-refractivity contribution in [2.24, 2.45) is 7.05 Å². The van der Waals surface area contributed by atoms with E-state index in [1.165, 1.54) is 0 Å². The number of rotatable bonds is 3. The molecule has 2 rings (SSSR count). The molecule has 0 radical (unpaired) electrons. The lowest BCUT2D eigenvalue weighted by Crippen LogP contribution is -2.08. The number of aromatic amines is 1. The van der Waals surface area contributed by atoms with Gasteiger partial charge in [-0.1, -0.05) is 0 Å². The second-order valence-electron chi connectivity index (χ2n) is 3.10. The minimum atomic E-state index is -0.505. The van der Waals surface area contributed by atoms with Crippen LogP contribution in [0.15, 0.2) is 12.4 Å². The van der Waals surface area contributed by atoms with Gasteiger partial charge in [0.1, 0.15) is 0 Å². The molecule has 0 fully saturated rings. The third-order valence-electron chi connectivity index (χ3n) is 2.05. The van der Waals surface area contributed by atoms with Gasteiger partial charge in [-0.3, -0.25) is 0 Å². The number of aryl methyl sites for hydroxylation is 1. The molecule has 16 heavy (non-hydrogen) atoms. The van der Waals surface area contributed by atoms with E-state index < -0.39 is 5.97 Å². The van der Waals surface area contributed by atoms with Gasteiger partial charge in [0.15, 0.2) is 11.5 Å². The molecule has 7 nitrogen and oxygen atoms in total. The van der Waals surface area contributed by atoms with Crippen molar-refractivity contribution < 1.29 is 9.53 Å². The highest BCUT2D eigenvalue weighted by Gasteiger charge is 2.21. The highest BCUT2D eigenvalue weighted by Crippen LogP contribution is 2.17. The van der Waals surface area contributed by atoms with Gasteiger partial charge in [0.25, 0.3) is 0 Å². The molecule has 0 aromatic carbocycles. The summed E-state index contributed by atoms with van der Waals surface area (Å²) in [5.41, 5.74) is 0.544. The maximum Gasteiger partial charge on any atom is 0.361 e. The SMILES string of the molecule is CCOC(=O)c1n[nH]nc1-c1nccn1C. The second kappa shape index (κ2) is 4.13. The molecule has 0 aliphatic carbocycles. The van der Waals surface area contributed by atoms with Crippen molar-refractivity contribution in [1.82, 2.24) is 25.0 Å². The number of aromatic nitrogens is 5. The zero-order valence-corrected chi connectivity index (χ0v) is 8.97. The summed E-state index contributed by atoms with van der Waals surface area (Å²) in [6, 6.07) is 0. The molecule has 84 valence electrons. The Bertz CT molecular complexity index is 501. The Kier molecular flexibility index (Phi) is 2.67. The first-order valence-electron chi connectivity index (χ1n) is 4.79. The number of esters is 1. The van der Waals surface area contributed by atoms with Crippen LogP contribution >= 0.6 is 0 Å². The quantitative estimate of drug-likeness (QED) is 0.757. The van der Waals surface area contributed by atoms with Crippen LogP contribution in [0.3, 0.4) is 0 Å². The number of hydrogen-bond acceptors (Lipinski definition) is 5. The van der Waals surface area contributed by atoms with Crippen LogP contribution in [0.4, 0.5) is 0 Å². The van der Waals surface area contributed by atoms with E-state index in [1.54, 1.807) is 23.9 Å². The van der Waals surface area contributed by atoms with E-state index in [9.17, 15) is 4.79 Å². The van der Waals surface area contributed by atoms with Gasteiger partial charge < -0.3 is 9.30 Å². The first-order valence-corrected chi connectivity index (χ1v) is 4.79. The van der Waals surface area contributed by atoms with E-state index >= 15 is 0 Å². The molecule has 2 aromatic heterocycles. The fourth-order valence-corrected chi connectivity index (χ4v) is 1.32. The predicted molar refractivity (Wildman–Crippen MR) is 54.5 cm³/mol. The number of carbonyl (C=O) groups excluding carboxylic acids is 1. The van der Waals surface area contributed by atoms with Gasteiger partial charge in [-0.25, -0.2) is 9.78 Å². The molecule has 0 saturated heterocycles. The normalized spacial score (nSPS) is 10.4. The largest absolute Gasteiger partial charge is 0.461 e. The number of carbonyl (C=O) groups is 1. The van der Waals surface area contributed by atoms with Crippen LogP contribution < -0.4 is 0 Å². The molecule has 0 saturated carbocycles. The second-order valence-corrected chi connectivity index (χ2v) is 3.10. The Morgan fingerprint density at radius 2 is 2.38 bits per heavy atom. The Hall–Kier alpha value is -2.18. The van der Waals surface area contributed by atoms with Gasteiger partial charge in [0.2, 0.25) is 5.69 Å². The summed E-state index contributed by atoms with van der Waals surface area (Å²) in [5, 5.41) is 10.1. The summed E-state index contributed by atoms with van der Waals surface area (Å²) < 4.78 is 6.62. The van der Waals surface area contributed by atoms with Gasteiger partial charge in [-0.2, -0.15) is 10.3 Å².